The SMILES string of the molecule is Cc1cccc([C@H]2C3=CC[C@@H]4C(=O)N(C5CCN(Cc6ccccc6)CC5)C(=O)[C@@H]4[C@@H]3C[C@H]3C(=O)N(Nc4ccc(F)cc4)C(=O)[C@@]23c2ccc(Cl)cc2)c1O. The topological polar surface area (TPSA) is 110 Å². The Morgan fingerprint density at radius 2 is 1.55 bits per heavy atom. The molecule has 4 fully saturated rings. The molecule has 2 N–H and O–H groups in total. The van der Waals surface area contributed by atoms with Gasteiger partial charge in [-0.05, 0) is 91.6 Å². The van der Waals surface area contributed by atoms with E-state index in [2.05, 4.69) is 22.5 Å². The van der Waals surface area contributed by atoms with E-state index < -0.39 is 52.6 Å². The molecule has 0 unspecified atom stereocenters. The summed E-state index contributed by atoms with van der Waals surface area (Å²) in [6.07, 6.45) is 3.78. The number of hydrogen-bond donors (Lipinski definition) is 2. The lowest BCUT2D eigenvalue weighted by atomic mass is 9.49. The highest BCUT2D eigenvalue weighted by atomic mass is 35.5. The largest absolute Gasteiger partial charge is 0.507 e. The quantitative estimate of drug-likeness (QED) is 0.152. The first kappa shape index (κ1) is 36.3. The Morgan fingerprint density at radius 3 is 2.27 bits per heavy atom. The van der Waals surface area contributed by atoms with E-state index >= 15 is 4.79 Å². The first-order valence-corrected chi connectivity index (χ1v) is 19.7. The van der Waals surface area contributed by atoms with E-state index in [9.17, 15) is 23.9 Å². The standard InChI is InChI=1S/C45H42ClFN4O5/c1-26-6-5-9-35(40(26)52)39-33-18-19-34-38(43(55)50(41(34)53)32-20-22-49(23-21-32)25-27-7-3-2-4-8-27)36(33)24-37-42(54)51(48-31-16-14-30(47)15-17-31)44(56)45(37,39)28-10-12-29(46)13-11-28/h2-18,32,34,36-39,48,52H,19-25H2,1H3/t34-,36+,37-,38-,39+,45+/m0/s1. The number of nitrogens with zero attached hydrogens (tertiary/aromatic N) is 3. The first-order valence-electron chi connectivity index (χ1n) is 19.4. The number of hydrazine groups is 1. The summed E-state index contributed by atoms with van der Waals surface area (Å²) >= 11 is 6.39. The van der Waals surface area contributed by atoms with Crippen LogP contribution in [-0.4, -0.2) is 62.7 Å². The maximum atomic E-state index is 15.3. The van der Waals surface area contributed by atoms with Crippen molar-refractivity contribution in [1.82, 2.24) is 14.8 Å². The number of fused-ring (bicyclic) bond motifs is 4. The van der Waals surface area contributed by atoms with E-state index in [4.69, 9.17) is 11.6 Å². The summed E-state index contributed by atoms with van der Waals surface area (Å²) < 4.78 is 13.9. The molecule has 9 rings (SSSR count). The Morgan fingerprint density at radius 1 is 0.839 bits per heavy atom. The Bertz CT molecular complexity index is 2260. The third-order valence-corrected chi connectivity index (χ3v) is 13.3. The summed E-state index contributed by atoms with van der Waals surface area (Å²) in [5.74, 6) is -5.63. The lowest BCUT2D eigenvalue weighted by molar-refractivity contribution is -0.144. The first-order chi connectivity index (χ1) is 27.1. The summed E-state index contributed by atoms with van der Waals surface area (Å²) in [6, 6.07) is 27.7. The van der Waals surface area contributed by atoms with Crippen LogP contribution >= 0.6 is 11.6 Å². The monoisotopic (exact) mass is 772 g/mol. The molecule has 4 aromatic rings. The van der Waals surface area contributed by atoms with Gasteiger partial charge in [0.1, 0.15) is 11.6 Å². The molecule has 2 aliphatic carbocycles. The molecule has 4 amide bonds. The zero-order valence-electron chi connectivity index (χ0n) is 30.9. The fourth-order valence-corrected chi connectivity index (χ4v) is 10.6. The predicted molar refractivity (Wildman–Crippen MR) is 208 cm³/mol. The van der Waals surface area contributed by atoms with Crippen molar-refractivity contribution in [2.24, 2.45) is 23.7 Å². The molecule has 0 aromatic heterocycles. The fourth-order valence-electron chi connectivity index (χ4n) is 10.5. The Balaban J connectivity index is 1.12. The Kier molecular flexibility index (Phi) is 9.09. The van der Waals surface area contributed by atoms with E-state index in [1.54, 1.807) is 43.3 Å². The number of para-hydroxylation sites is 1. The normalized spacial score (nSPS) is 27.9. The van der Waals surface area contributed by atoms with E-state index in [-0.39, 0.29) is 30.0 Å². The van der Waals surface area contributed by atoms with Crippen molar-refractivity contribution in [3.63, 3.8) is 0 Å². The number of carbonyl (C=O) groups excluding carboxylic acids is 4. The molecule has 286 valence electrons. The van der Waals surface area contributed by atoms with Crippen molar-refractivity contribution < 1.29 is 28.7 Å². The molecule has 0 radical (unpaired) electrons. The number of hydrogen-bond acceptors (Lipinski definition) is 7. The third kappa shape index (κ3) is 5.67. The third-order valence-electron chi connectivity index (χ3n) is 13.0. The molecule has 3 saturated heterocycles. The second kappa shape index (κ2) is 14.0. The second-order valence-electron chi connectivity index (χ2n) is 15.9. The number of halogens is 2. The number of likely N-dealkylation sites (tertiary alicyclic amines) is 2. The van der Waals surface area contributed by atoms with Crippen molar-refractivity contribution in [2.75, 3.05) is 18.5 Å². The van der Waals surface area contributed by atoms with Gasteiger partial charge in [0.15, 0.2) is 0 Å². The van der Waals surface area contributed by atoms with Crippen LogP contribution in [0.1, 0.15) is 53.9 Å². The minimum atomic E-state index is -1.56. The number of phenols is 1. The number of phenolic OH excluding ortho intramolecular Hbond substituents is 1. The lowest BCUT2D eigenvalue weighted by Crippen LogP contribution is -2.53. The van der Waals surface area contributed by atoms with Crippen LogP contribution in [0.25, 0.3) is 0 Å². The molecule has 1 saturated carbocycles. The number of nitrogens with one attached hydrogen (secondary N) is 1. The molecule has 0 bridgehead atoms. The number of aryl methyl sites for hydroxylation is 1. The van der Waals surface area contributed by atoms with Crippen LogP contribution in [0.3, 0.4) is 0 Å². The van der Waals surface area contributed by atoms with Crippen LogP contribution in [0.2, 0.25) is 5.02 Å². The number of piperidine rings is 1. The molecule has 5 aliphatic rings. The Hall–Kier alpha value is -5.32. The van der Waals surface area contributed by atoms with Gasteiger partial charge >= 0.3 is 0 Å². The molecular formula is C45H42ClFN4O5. The van der Waals surface area contributed by atoms with E-state index in [1.807, 2.05) is 30.3 Å². The molecule has 11 heteroatoms. The Labute approximate surface area is 329 Å². The molecule has 3 aliphatic heterocycles. The van der Waals surface area contributed by atoms with E-state index in [1.165, 1.54) is 34.7 Å². The maximum Gasteiger partial charge on any atom is 0.260 e. The number of rotatable bonds is 7. The summed E-state index contributed by atoms with van der Waals surface area (Å²) in [6.45, 7) is 4.10. The van der Waals surface area contributed by atoms with Crippen molar-refractivity contribution in [3.8, 4) is 5.75 Å². The van der Waals surface area contributed by atoms with Gasteiger partial charge in [-0.2, -0.15) is 5.01 Å². The molecule has 6 atom stereocenters. The van der Waals surface area contributed by atoms with Gasteiger partial charge in [-0.25, -0.2) is 4.39 Å². The van der Waals surface area contributed by atoms with Crippen molar-refractivity contribution in [2.45, 2.75) is 56.5 Å². The molecular weight excluding hydrogens is 731 g/mol. The number of anilines is 1. The smallest absolute Gasteiger partial charge is 0.260 e. The average Bonchev–Trinajstić information content (AvgIpc) is 3.58. The number of allylic oxidation sites excluding steroid dienone is 2. The minimum Gasteiger partial charge on any atom is -0.507 e. The fraction of sp³-hybridized carbons (Fsp3) is 0.333. The van der Waals surface area contributed by atoms with Gasteiger partial charge in [0.05, 0.1) is 28.9 Å². The number of imide groups is 2. The summed E-state index contributed by atoms with van der Waals surface area (Å²) in [7, 11) is 0. The number of carbonyl (C=O) groups is 4. The number of aromatic hydroxyl groups is 1. The highest BCUT2D eigenvalue weighted by molar-refractivity contribution is 6.30. The molecule has 56 heavy (non-hydrogen) atoms. The highest BCUT2D eigenvalue weighted by Crippen LogP contribution is 2.65. The zero-order chi connectivity index (χ0) is 38.9. The van der Waals surface area contributed by atoms with Gasteiger partial charge in [0.25, 0.3) is 11.8 Å². The summed E-state index contributed by atoms with van der Waals surface area (Å²) in [5, 5.41) is 13.3. The van der Waals surface area contributed by atoms with Crippen LogP contribution in [0.4, 0.5) is 10.1 Å². The second-order valence-corrected chi connectivity index (χ2v) is 16.4. The van der Waals surface area contributed by atoms with Gasteiger partial charge in [0.2, 0.25) is 11.8 Å². The van der Waals surface area contributed by atoms with Gasteiger partial charge in [-0.3, -0.25) is 34.4 Å². The molecule has 9 nitrogen and oxygen atoms in total. The van der Waals surface area contributed by atoms with Gasteiger partial charge in [0, 0.05) is 42.2 Å². The van der Waals surface area contributed by atoms with Crippen LogP contribution in [0.15, 0.2) is 109 Å². The van der Waals surface area contributed by atoms with Crippen LogP contribution in [0.5, 0.6) is 5.75 Å². The average molecular weight is 773 g/mol. The predicted octanol–water partition coefficient (Wildman–Crippen LogP) is 7.14. The van der Waals surface area contributed by atoms with Crippen molar-refractivity contribution in [1.29, 1.82) is 0 Å². The minimum absolute atomic E-state index is 0.00355. The van der Waals surface area contributed by atoms with Gasteiger partial charge < -0.3 is 5.11 Å². The van der Waals surface area contributed by atoms with E-state index in [0.717, 1.165) is 30.2 Å². The van der Waals surface area contributed by atoms with Crippen LogP contribution in [-0.2, 0) is 31.1 Å². The highest BCUT2D eigenvalue weighted by Gasteiger charge is 2.70. The molecule has 3 heterocycles. The van der Waals surface area contributed by atoms with Crippen LogP contribution < -0.4 is 5.43 Å². The van der Waals surface area contributed by atoms with Gasteiger partial charge in [-0.1, -0.05) is 83.9 Å². The molecule has 4 aromatic carbocycles. The van der Waals surface area contributed by atoms with Crippen molar-refractivity contribution >= 4 is 40.9 Å². The van der Waals surface area contributed by atoms with Crippen LogP contribution in [0, 0.1) is 36.4 Å². The molecule has 0 spiro atoms. The lowest BCUT2D eigenvalue weighted by Gasteiger charge is -2.50. The number of benzene rings is 4. The van der Waals surface area contributed by atoms with Gasteiger partial charge in [-0.15, -0.1) is 0 Å². The maximum absolute atomic E-state index is 15.3. The van der Waals surface area contributed by atoms with E-state index in [0.29, 0.717) is 46.7 Å². The van der Waals surface area contributed by atoms with Crippen molar-refractivity contribution in [3.05, 3.63) is 142 Å². The number of amides is 4. The summed E-state index contributed by atoms with van der Waals surface area (Å²) in [5.41, 5.74) is 5.33. The summed E-state index contributed by atoms with van der Waals surface area (Å²) in [4.78, 5) is 63.2. The zero-order valence-corrected chi connectivity index (χ0v) is 31.7.